The monoisotopic (exact) mass is 592 g/mol. The van der Waals surface area contributed by atoms with Crippen LogP contribution in [0.2, 0.25) is 0 Å². The normalized spacial score (nSPS) is 11.8. The lowest BCUT2D eigenvalue weighted by Gasteiger charge is -2.12. The standard InChI is InChI=1S/C33H33FN8S/c1-6-7-20(2)39-26-11-23(15-35-17-26)24-12-28-32(41-42-33(28)37-16-24)30-13-27-29(18-36-19-31(27)40-30)22-8-21(9-25(34)10-22)14-38-43(3,4)5/h8-13,15-19,38-40H,2-4,6-7,14H2,1,5H3,(H,37,41,42). The number of H-pyrrole nitrogens is 2. The van der Waals surface area contributed by atoms with E-state index in [-0.39, 0.29) is 5.82 Å². The van der Waals surface area contributed by atoms with E-state index in [0.717, 1.165) is 79.7 Å². The van der Waals surface area contributed by atoms with Gasteiger partial charge in [0.25, 0.3) is 0 Å². The topological polar surface area (TPSA) is 107 Å². The van der Waals surface area contributed by atoms with E-state index in [1.165, 1.54) is 12.1 Å². The third-order valence-corrected chi connectivity index (χ3v) is 7.90. The summed E-state index contributed by atoms with van der Waals surface area (Å²) < 4.78 is 18.0. The van der Waals surface area contributed by atoms with Gasteiger partial charge in [-0.3, -0.25) is 19.8 Å². The maximum absolute atomic E-state index is 14.7. The summed E-state index contributed by atoms with van der Waals surface area (Å²) in [7, 11) is -1.43. The van der Waals surface area contributed by atoms with E-state index in [2.05, 4.69) is 71.5 Å². The number of aromatic nitrogens is 6. The molecule has 0 amide bonds. The average Bonchev–Trinajstić information content (AvgIpc) is 3.59. The van der Waals surface area contributed by atoms with Crippen molar-refractivity contribution in [2.24, 2.45) is 0 Å². The predicted molar refractivity (Wildman–Crippen MR) is 180 cm³/mol. The van der Waals surface area contributed by atoms with Crippen molar-refractivity contribution < 1.29 is 4.39 Å². The number of allylic oxidation sites excluding steroid dienone is 1. The number of aromatic amines is 2. The lowest BCUT2D eigenvalue weighted by Crippen LogP contribution is -2.08. The van der Waals surface area contributed by atoms with Crippen LogP contribution >= 0.6 is 9.39 Å². The fourth-order valence-electron chi connectivity index (χ4n) is 5.08. The van der Waals surface area contributed by atoms with Gasteiger partial charge in [-0.05, 0) is 60.2 Å². The van der Waals surface area contributed by atoms with Crippen molar-refractivity contribution >= 4 is 48.8 Å². The molecule has 6 rings (SSSR count). The van der Waals surface area contributed by atoms with Crippen LogP contribution in [-0.4, -0.2) is 48.1 Å². The molecule has 0 aliphatic rings. The highest BCUT2D eigenvalue weighted by Gasteiger charge is 2.16. The lowest BCUT2D eigenvalue weighted by atomic mass is 10.0. The minimum Gasteiger partial charge on any atom is -0.358 e. The van der Waals surface area contributed by atoms with Crippen molar-refractivity contribution in [2.45, 2.75) is 26.3 Å². The zero-order valence-corrected chi connectivity index (χ0v) is 25.0. The van der Waals surface area contributed by atoms with E-state index in [4.69, 9.17) is 0 Å². The van der Waals surface area contributed by atoms with Gasteiger partial charge in [0.05, 0.1) is 35.0 Å². The molecule has 0 saturated carbocycles. The maximum atomic E-state index is 14.7. The molecule has 0 aliphatic heterocycles. The molecule has 0 fully saturated rings. The molecule has 8 nitrogen and oxygen atoms in total. The van der Waals surface area contributed by atoms with Gasteiger partial charge in [-0.1, -0.05) is 31.7 Å². The zero-order valence-electron chi connectivity index (χ0n) is 24.2. The van der Waals surface area contributed by atoms with Crippen LogP contribution < -0.4 is 10.0 Å². The van der Waals surface area contributed by atoms with Crippen molar-refractivity contribution in [3.8, 4) is 33.6 Å². The molecule has 0 aliphatic carbocycles. The summed E-state index contributed by atoms with van der Waals surface area (Å²) in [5.41, 5.74) is 9.08. The van der Waals surface area contributed by atoms with E-state index < -0.39 is 9.39 Å². The van der Waals surface area contributed by atoms with Gasteiger partial charge in [-0.15, -0.1) is 0 Å². The summed E-state index contributed by atoms with van der Waals surface area (Å²) in [6.07, 6.45) is 12.8. The van der Waals surface area contributed by atoms with Gasteiger partial charge >= 0.3 is 0 Å². The number of nitrogens with zero attached hydrogens (tertiary/aromatic N) is 4. The lowest BCUT2D eigenvalue weighted by molar-refractivity contribution is 0.625. The largest absolute Gasteiger partial charge is 0.358 e. The fraction of sp³-hybridized carbons (Fsp3) is 0.152. The number of pyridine rings is 3. The Hall–Kier alpha value is -4.80. The van der Waals surface area contributed by atoms with Crippen molar-refractivity contribution in [3.05, 3.63) is 91.0 Å². The summed E-state index contributed by atoms with van der Waals surface area (Å²) in [6, 6.07) is 11.2. The second-order valence-corrected chi connectivity index (χ2v) is 13.7. The quantitative estimate of drug-likeness (QED) is 0.124. The van der Waals surface area contributed by atoms with Crippen molar-refractivity contribution in [1.82, 2.24) is 34.9 Å². The van der Waals surface area contributed by atoms with Crippen molar-refractivity contribution in [3.63, 3.8) is 0 Å². The van der Waals surface area contributed by atoms with Gasteiger partial charge in [-0.25, -0.2) is 9.37 Å². The first-order valence-corrected chi connectivity index (χ1v) is 16.2. The number of anilines is 1. The first-order valence-electron chi connectivity index (χ1n) is 13.9. The molecule has 0 spiro atoms. The minimum atomic E-state index is -1.43. The van der Waals surface area contributed by atoms with Crippen LogP contribution in [-0.2, 0) is 6.54 Å². The number of rotatable bonds is 10. The van der Waals surface area contributed by atoms with E-state index in [1.807, 2.05) is 30.7 Å². The van der Waals surface area contributed by atoms with Crippen LogP contribution in [0.5, 0.6) is 0 Å². The summed E-state index contributed by atoms with van der Waals surface area (Å²) in [6.45, 7) is 6.69. The Kier molecular flexibility index (Phi) is 7.55. The molecule has 0 atom stereocenters. The third kappa shape index (κ3) is 6.20. The average molecular weight is 593 g/mol. The molecule has 5 heterocycles. The van der Waals surface area contributed by atoms with E-state index in [0.29, 0.717) is 12.2 Å². The van der Waals surface area contributed by atoms with Crippen molar-refractivity contribution in [2.75, 3.05) is 11.6 Å². The van der Waals surface area contributed by atoms with Crippen LogP contribution in [0.25, 0.3) is 55.6 Å². The highest BCUT2D eigenvalue weighted by molar-refractivity contribution is 8.25. The first-order chi connectivity index (χ1) is 20.7. The molecule has 218 valence electrons. The molecule has 10 heteroatoms. The second kappa shape index (κ2) is 11.5. The summed E-state index contributed by atoms with van der Waals surface area (Å²) in [5, 5.41) is 12.7. The number of nitrogens with one attached hydrogen (secondary N) is 4. The van der Waals surface area contributed by atoms with Gasteiger partial charge in [0.15, 0.2) is 5.65 Å². The highest BCUT2D eigenvalue weighted by Crippen LogP contribution is 2.35. The van der Waals surface area contributed by atoms with E-state index in [9.17, 15) is 4.39 Å². The molecule has 4 N–H and O–H groups in total. The molecular formula is C33H33FN8S. The van der Waals surface area contributed by atoms with Gasteiger partial charge in [0.1, 0.15) is 5.82 Å². The first kappa shape index (κ1) is 28.3. The zero-order chi connectivity index (χ0) is 30.1. The van der Waals surface area contributed by atoms with E-state index >= 15 is 0 Å². The minimum absolute atomic E-state index is 0.312. The molecule has 43 heavy (non-hydrogen) atoms. The number of hydrogen-bond donors (Lipinski definition) is 4. The fourth-order valence-corrected chi connectivity index (χ4v) is 5.59. The van der Waals surface area contributed by atoms with Gasteiger partial charge in [0, 0.05) is 58.3 Å². The van der Waals surface area contributed by atoms with Gasteiger partial charge in [-0.2, -0.15) is 14.5 Å². The Balaban J connectivity index is 1.37. The highest BCUT2D eigenvalue weighted by atomic mass is 32.2. The third-order valence-electron chi connectivity index (χ3n) is 7.06. The molecule has 6 aromatic rings. The molecule has 1 aromatic carbocycles. The second-order valence-electron chi connectivity index (χ2n) is 10.9. The molecule has 0 radical (unpaired) electrons. The van der Waals surface area contributed by atoms with Crippen LogP contribution in [0.4, 0.5) is 10.1 Å². The van der Waals surface area contributed by atoms with Crippen LogP contribution in [0.1, 0.15) is 25.3 Å². The summed E-state index contributed by atoms with van der Waals surface area (Å²) in [5.74, 6) is 7.79. The Morgan fingerprint density at radius 3 is 2.56 bits per heavy atom. The SMILES string of the molecule is C=C(CCC)Nc1cncc(-c2cnc3n[nH]c(-c4cc5c(-c6cc(F)cc(CNS(=C)(=C)C)c6)cncc5[nH]4)c3c2)c1. The number of benzene rings is 1. The van der Waals surface area contributed by atoms with Gasteiger partial charge in [0.2, 0.25) is 0 Å². The number of hydrogen-bond acceptors (Lipinski definition) is 6. The van der Waals surface area contributed by atoms with E-state index in [1.54, 1.807) is 24.8 Å². The predicted octanol–water partition coefficient (Wildman–Crippen LogP) is 7.40. The van der Waals surface area contributed by atoms with Gasteiger partial charge < -0.3 is 10.3 Å². The number of fused-ring (bicyclic) bond motifs is 2. The Bertz CT molecular complexity index is 2090. The van der Waals surface area contributed by atoms with Crippen molar-refractivity contribution in [1.29, 1.82) is 0 Å². The molecular weight excluding hydrogens is 559 g/mol. The summed E-state index contributed by atoms with van der Waals surface area (Å²) in [4.78, 5) is 16.9. The number of halogens is 1. The molecule has 5 aromatic heterocycles. The maximum Gasteiger partial charge on any atom is 0.181 e. The van der Waals surface area contributed by atoms with Crippen LogP contribution in [0.3, 0.4) is 0 Å². The van der Waals surface area contributed by atoms with Crippen LogP contribution in [0, 0.1) is 5.82 Å². The Morgan fingerprint density at radius 2 is 1.74 bits per heavy atom. The summed E-state index contributed by atoms with van der Waals surface area (Å²) >= 11 is 0. The molecule has 0 bridgehead atoms. The Labute approximate surface area is 250 Å². The van der Waals surface area contributed by atoms with Crippen LogP contribution in [0.15, 0.2) is 79.7 Å². The molecule has 0 saturated heterocycles. The molecule has 0 unspecified atom stereocenters. The smallest absolute Gasteiger partial charge is 0.181 e. The Morgan fingerprint density at radius 1 is 0.930 bits per heavy atom.